The van der Waals surface area contributed by atoms with E-state index in [9.17, 15) is 9.18 Å². The minimum atomic E-state index is -0.335. The van der Waals surface area contributed by atoms with Crippen molar-refractivity contribution in [3.05, 3.63) is 69.8 Å². The topological polar surface area (TPSA) is 59.2 Å². The molecule has 1 saturated heterocycles. The van der Waals surface area contributed by atoms with Gasteiger partial charge in [0.15, 0.2) is 0 Å². The molecule has 2 heterocycles. The van der Waals surface area contributed by atoms with Gasteiger partial charge in [-0.1, -0.05) is 28.4 Å². The summed E-state index contributed by atoms with van der Waals surface area (Å²) >= 11 is 12.0. The van der Waals surface area contributed by atoms with Crippen molar-refractivity contribution in [3.63, 3.8) is 0 Å². The fourth-order valence-corrected chi connectivity index (χ4v) is 3.61. The zero-order chi connectivity index (χ0) is 19.7. The van der Waals surface area contributed by atoms with Crippen LogP contribution in [0.15, 0.2) is 47.0 Å². The maximum Gasteiger partial charge on any atom is 0.254 e. The highest BCUT2D eigenvalue weighted by atomic mass is 35.5. The molecule has 0 saturated carbocycles. The first-order valence-electron chi connectivity index (χ1n) is 8.88. The van der Waals surface area contributed by atoms with Crippen molar-refractivity contribution >= 4 is 29.1 Å². The molecular formula is C20H16Cl2FN3O2. The molecule has 1 aliphatic heterocycles. The Morgan fingerprint density at radius 3 is 2.64 bits per heavy atom. The minimum absolute atomic E-state index is 0.162. The Labute approximate surface area is 171 Å². The predicted octanol–water partition coefficient (Wildman–Crippen LogP) is 5.55. The van der Waals surface area contributed by atoms with E-state index in [1.54, 1.807) is 35.2 Å². The number of nitrogens with zero attached hydrogens (tertiary/aromatic N) is 3. The van der Waals surface area contributed by atoms with E-state index in [4.69, 9.17) is 27.7 Å². The first-order valence-corrected chi connectivity index (χ1v) is 9.64. The largest absolute Gasteiger partial charge is 0.337 e. The van der Waals surface area contributed by atoms with E-state index in [1.807, 2.05) is 0 Å². The van der Waals surface area contributed by atoms with Gasteiger partial charge in [0.05, 0.1) is 10.0 Å². The fraction of sp³-hybridized carbons (Fsp3) is 0.250. The third-order valence-electron chi connectivity index (χ3n) is 4.76. The molecule has 1 unspecified atom stereocenters. The summed E-state index contributed by atoms with van der Waals surface area (Å²) in [6, 6.07) is 10.4. The predicted molar refractivity (Wildman–Crippen MR) is 104 cm³/mol. The number of aromatic nitrogens is 2. The molecule has 1 atom stereocenters. The van der Waals surface area contributed by atoms with Crippen molar-refractivity contribution in [1.82, 2.24) is 15.0 Å². The molecule has 1 amide bonds. The quantitative estimate of drug-likeness (QED) is 0.558. The van der Waals surface area contributed by atoms with Gasteiger partial charge in [0, 0.05) is 17.7 Å². The zero-order valence-electron chi connectivity index (χ0n) is 14.7. The molecule has 0 aliphatic carbocycles. The van der Waals surface area contributed by atoms with Gasteiger partial charge in [-0.05, 0) is 61.7 Å². The Hall–Kier alpha value is -2.44. The Morgan fingerprint density at radius 1 is 1.11 bits per heavy atom. The van der Waals surface area contributed by atoms with Gasteiger partial charge in [-0.3, -0.25) is 4.79 Å². The summed E-state index contributed by atoms with van der Waals surface area (Å²) in [7, 11) is 0. The van der Waals surface area contributed by atoms with Crippen LogP contribution in [0.4, 0.5) is 4.39 Å². The lowest BCUT2D eigenvalue weighted by molar-refractivity contribution is 0.0561. The number of halogens is 3. The lowest BCUT2D eigenvalue weighted by Crippen LogP contribution is -2.38. The Morgan fingerprint density at radius 2 is 1.89 bits per heavy atom. The summed E-state index contributed by atoms with van der Waals surface area (Å²) < 4.78 is 18.6. The second kappa shape index (κ2) is 7.89. The summed E-state index contributed by atoms with van der Waals surface area (Å²) in [6.45, 7) is 0.581. The fourth-order valence-electron chi connectivity index (χ4n) is 3.31. The zero-order valence-corrected chi connectivity index (χ0v) is 16.3. The number of carbonyl (C=O) groups is 1. The molecule has 28 heavy (non-hydrogen) atoms. The van der Waals surface area contributed by atoms with Crippen molar-refractivity contribution in [3.8, 4) is 11.4 Å². The molecule has 0 N–H and O–H groups in total. The van der Waals surface area contributed by atoms with Crippen LogP contribution < -0.4 is 0 Å². The first-order chi connectivity index (χ1) is 13.5. The van der Waals surface area contributed by atoms with E-state index in [0.717, 1.165) is 19.3 Å². The number of rotatable bonds is 3. The lowest BCUT2D eigenvalue weighted by Gasteiger charge is -2.33. The summed E-state index contributed by atoms with van der Waals surface area (Å²) in [5.41, 5.74) is 1.11. The second-order valence-electron chi connectivity index (χ2n) is 6.60. The standard InChI is InChI=1S/C20H16Cl2FN3O2/c21-15-9-6-13(11-16(15)22)20(27)26-10-2-1-3-17(26)19-24-18(25-28-19)12-4-7-14(23)8-5-12/h4-9,11,17H,1-3,10H2. The lowest BCUT2D eigenvalue weighted by atomic mass is 10.0. The SMILES string of the molecule is O=C(c1ccc(Cl)c(Cl)c1)N1CCCCC1c1nc(-c2ccc(F)cc2)no1. The number of carbonyl (C=O) groups excluding carboxylic acids is 1. The van der Waals surface area contributed by atoms with E-state index >= 15 is 0 Å². The monoisotopic (exact) mass is 419 g/mol. The number of piperidine rings is 1. The van der Waals surface area contributed by atoms with Crippen molar-refractivity contribution in [2.24, 2.45) is 0 Å². The van der Waals surface area contributed by atoms with Gasteiger partial charge in [0.25, 0.3) is 5.91 Å². The molecule has 8 heteroatoms. The van der Waals surface area contributed by atoms with Crippen molar-refractivity contribution in [1.29, 1.82) is 0 Å². The maximum atomic E-state index is 13.1. The summed E-state index contributed by atoms with van der Waals surface area (Å²) in [4.78, 5) is 19.2. The van der Waals surface area contributed by atoms with E-state index in [1.165, 1.54) is 12.1 Å². The molecular weight excluding hydrogens is 404 g/mol. The van der Waals surface area contributed by atoms with Crippen molar-refractivity contribution in [2.45, 2.75) is 25.3 Å². The van der Waals surface area contributed by atoms with Crippen LogP contribution in [0.3, 0.4) is 0 Å². The number of amides is 1. The normalized spacial score (nSPS) is 17.0. The summed E-state index contributed by atoms with van der Waals surface area (Å²) in [5, 5.41) is 4.73. The Balaban J connectivity index is 1.61. The molecule has 144 valence electrons. The van der Waals surface area contributed by atoms with Crippen LogP contribution in [0, 0.1) is 5.82 Å². The van der Waals surface area contributed by atoms with Crippen LogP contribution in [0.5, 0.6) is 0 Å². The van der Waals surface area contributed by atoms with Crippen LogP contribution in [0.2, 0.25) is 10.0 Å². The highest BCUT2D eigenvalue weighted by molar-refractivity contribution is 6.42. The van der Waals surface area contributed by atoms with Gasteiger partial charge < -0.3 is 9.42 Å². The third kappa shape index (κ3) is 3.75. The molecule has 3 aromatic rings. The first kappa shape index (κ1) is 18.9. The maximum absolute atomic E-state index is 13.1. The number of hydrogen-bond donors (Lipinski definition) is 0. The van der Waals surface area contributed by atoms with E-state index in [-0.39, 0.29) is 17.8 Å². The highest BCUT2D eigenvalue weighted by Gasteiger charge is 2.33. The van der Waals surface area contributed by atoms with E-state index in [2.05, 4.69) is 10.1 Å². The van der Waals surface area contributed by atoms with E-state index in [0.29, 0.717) is 39.4 Å². The van der Waals surface area contributed by atoms with Gasteiger partial charge in [-0.25, -0.2) is 4.39 Å². The minimum Gasteiger partial charge on any atom is -0.337 e. The van der Waals surface area contributed by atoms with Crippen LogP contribution in [-0.2, 0) is 0 Å². The van der Waals surface area contributed by atoms with Gasteiger partial charge in [-0.15, -0.1) is 0 Å². The van der Waals surface area contributed by atoms with Gasteiger partial charge >= 0.3 is 0 Å². The molecule has 4 rings (SSSR count). The molecule has 5 nitrogen and oxygen atoms in total. The number of benzene rings is 2. The molecule has 0 spiro atoms. The average molecular weight is 420 g/mol. The molecule has 0 radical (unpaired) electrons. The van der Waals surface area contributed by atoms with Crippen molar-refractivity contribution < 1.29 is 13.7 Å². The molecule has 1 aromatic heterocycles. The molecule has 2 aromatic carbocycles. The van der Waals surface area contributed by atoms with Gasteiger partial charge in [0.1, 0.15) is 11.9 Å². The summed E-state index contributed by atoms with van der Waals surface area (Å²) in [5.74, 6) is 0.234. The number of hydrogen-bond acceptors (Lipinski definition) is 4. The second-order valence-corrected chi connectivity index (χ2v) is 7.42. The highest BCUT2D eigenvalue weighted by Crippen LogP contribution is 2.33. The third-order valence-corrected chi connectivity index (χ3v) is 5.50. The van der Waals surface area contributed by atoms with Crippen molar-refractivity contribution in [2.75, 3.05) is 6.54 Å². The molecule has 0 bridgehead atoms. The van der Waals surface area contributed by atoms with E-state index < -0.39 is 0 Å². The van der Waals surface area contributed by atoms with Crippen LogP contribution in [0.1, 0.15) is 41.6 Å². The van der Waals surface area contributed by atoms with Crippen LogP contribution in [-0.4, -0.2) is 27.5 Å². The smallest absolute Gasteiger partial charge is 0.254 e. The molecule has 1 aliphatic rings. The van der Waals surface area contributed by atoms with Gasteiger partial charge in [-0.2, -0.15) is 4.98 Å². The summed E-state index contributed by atoms with van der Waals surface area (Å²) in [6.07, 6.45) is 2.56. The van der Waals surface area contributed by atoms with Crippen LogP contribution >= 0.6 is 23.2 Å². The average Bonchev–Trinajstić information content (AvgIpc) is 3.20. The Kier molecular flexibility index (Phi) is 5.33. The number of likely N-dealkylation sites (tertiary alicyclic amines) is 1. The molecule has 1 fully saturated rings. The van der Waals surface area contributed by atoms with Crippen LogP contribution in [0.25, 0.3) is 11.4 Å². The van der Waals surface area contributed by atoms with Gasteiger partial charge in [0.2, 0.25) is 11.7 Å². The Bertz CT molecular complexity index is 1010.